The molecule has 0 saturated carbocycles. The van der Waals surface area contributed by atoms with Crippen molar-refractivity contribution in [1.82, 2.24) is 9.21 Å². The summed E-state index contributed by atoms with van der Waals surface area (Å²) in [6.07, 6.45) is 0.314. The van der Waals surface area contributed by atoms with E-state index in [0.717, 1.165) is 29.8 Å². The lowest BCUT2D eigenvalue weighted by Gasteiger charge is -2.36. The maximum absolute atomic E-state index is 13.2. The first-order chi connectivity index (χ1) is 13.6. The van der Waals surface area contributed by atoms with E-state index in [2.05, 4.69) is 0 Å². The quantitative estimate of drug-likeness (QED) is 0.746. The summed E-state index contributed by atoms with van der Waals surface area (Å²) in [5.74, 6) is 0.0982. The van der Waals surface area contributed by atoms with Gasteiger partial charge in [-0.1, -0.05) is 17.7 Å². The molecule has 0 aromatic heterocycles. The van der Waals surface area contributed by atoms with Crippen LogP contribution in [0.5, 0.6) is 0 Å². The fraction of sp³-hybridized carbons (Fsp3) is 0.667. The number of nitrogens with one attached hydrogen (secondary N) is 1. The SMILES string of the molecule is Cc1cc(C)c(S(=O)(=O)N2CCN(C(=O)C[NH+]3C[C@@H](C)O[C@H](C)C3)CC2)c(C)c1. The van der Waals surface area contributed by atoms with Crippen molar-refractivity contribution in [2.45, 2.75) is 51.7 Å². The van der Waals surface area contributed by atoms with E-state index in [9.17, 15) is 13.2 Å². The van der Waals surface area contributed by atoms with Crippen molar-refractivity contribution in [2.75, 3.05) is 45.8 Å². The van der Waals surface area contributed by atoms with Crippen LogP contribution in [0.3, 0.4) is 0 Å². The number of hydrogen-bond acceptors (Lipinski definition) is 4. The van der Waals surface area contributed by atoms with Gasteiger partial charge in [-0.25, -0.2) is 8.42 Å². The zero-order valence-electron chi connectivity index (χ0n) is 18.2. The lowest BCUT2D eigenvalue weighted by atomic mass is 10.1. The van der Waals surface area contributed by atoms with Crippen LogP contribution < -0.4 is 4.90 Å². The highest BCUT2D eigenvalue weighted by atomic mass is 32.2. The lowest BCUT2D eigenvalue weighted by molar-refractivity contribution is -0.907. The summed E-state index contributed by atoms with van der Waals surface area (Å²) >= 11 is 0. The molecule has 0 bridgehead atoms. The molecule has 2 fully saturated rings. The van der Waals surface area contributed by atoms with Gasteiger partial charge in [-0.05, 0) is 45.7 Å². The molecule has 0 unspecified atom stereocenters. The van der Waals surface area contributed by atoms with Crippen LogP contribution in [0.15, 0.2) is 17.0 Å². The Morgan fingerprint density at radius 2 is 1.55 bits per heavy atom. The number of amides is 1. The highest BCUT2D eigenvalue weighted by Gasteiger charge is 2.34. The van der Waals surface area contributed by atoms with E-state index in [0.29, 0.717) is 37.6 Å². The molecule has 0 spiro atoms. The summed E-state index contributed by atoms with van der Waals surface area (Å²) in [6, 6.07) is 3.82. The zero-order valence-corrected chi connectivity index (χ0v) is 19.0. The molecule has 0 radical (unpaired) electrons. The Bertz CT molecular complexity index is 830. The molecule has 1 amide bonds. The number of quaternary nitrogens is 1. The van der Waals surface area contributed by atoms with Gasteiger partial charge >= 0.3 is 0 Å². The van der Waals surface area contributed by atoms with E-state index in [1.165, 1.54) is 9.21 Å². The third-order valence-electron chi connectivity index (χ3n) is 5.81. The number of nitrogens with zero attached hydrogens (tertiary/aromatic N) is 2. The van der Waals surface area contributed by atoms with Crippen LogP contribution in [0.2, 0.25) is 0 Å². The van der Waals surface area contributed by atoms with E-state index in [1.54, 1.807) is 4.90 Å². The number of hydrogen-bond donors (Lipinski definition) is 1. The summed E-state index contributed by atoms with van der Waals surface area (Å²) in [4.78, 5) is 16.2. The van der Waals surface area contributed by atoms with Crippen molar-refractivity contribution in [1.29, 1.82) is 0 Å². The Morgan fingerprint density at radius 1 is 1.03 bits per heavy atom. The lowest BCUT2D eigenvalue weighted by Crippen LogP contribution is -3.16. The van der Waals surface area contributed by atoms with Gasteiger partial charge in [0, 0.05) is 26.2 Å². The molecule has 2 heterocycles. The van der Waals surface area contributed by atoms with Gasteiger partial charge in [-0.3, -0.25) is 4.79 Å². The van der Waals surface area contributed by atoms with Crippen molar-refractivity contribution in [3.05, 3.63) is 28.8 Å². The summed E-state index contributed by atoms with van der Waals surface area (Å²) < 4.78 is 33.7. The van der Waals surface area contributed by atoms with Gasteiger partial charge in [0.1, 0.15) is 25.3 Å². The molecule has 29 heavy (non-hydrogen) atoms. The molecule has 2 atom stereocenters. The van der Waals surface area contributed by atoms with Gasteiger partial charge in [0.25, 0.3) is 5.91 Å². The minimum atomic E-state index is -3.56. The topological polar surface area (TPSA) is 71.4 Å². The largest absolute Gasteiger partial charge is 0.364 e. The molecule has 2 saturated heterocycles. The average Bonchev–Trinajstić information content (AvgIpc) is 2.59. The van der Waals surface area contributed by atoms with E-state index < -0.39 is 10.0 Å². The molecule has 1 aromatic rings. The first kappa shape index (κ1) is 22.2. The number of carbonyl (C=O) groups excluding carboxylic acids is 1. The number of benzene rings is 1. The normalized spacial score (nSPS) is 26.5. The molecule has 0 aliphatic carbocycles. The van der Waals surface area contributed by atoms with Crippen LogP contribution in [0.25, 0.3) is 0 Å². The van der Waals surface area contributed by atoms with Crippen molar-refractivity contribution < 1.29 is 22.8 Å². The van der Waals surface area contributed by atoms with Gasteiger partial charge in [-0.2, -0.15) is 4.31 Å². The van der Waals surface area contributed by atoms with Crippen LogP contribution in [-0.4, -0.2) is 81.6 Å². The zero-order chi connectivity index (χ0) is 21.3. The maximum atomic E-state index is 13.2. The van der Waals surface area contributed by atoms with E-state index in [1.807, 2.05) is 46.8 Å². The Labute approximate surface area is 174 Å². The van der Waals surface area contributed by atoms with Crippen molar-refractivity contribution in [2.24, 2.45) is 0 Å². The smallest absolute Gasteiger partial charge is 0.277 e. The molecule has 2 aliphatic heterocycles. The highest BCUT2D eigenvalue weighted by Crippen LogP contribution is 2.26. The van der Waals surface area contributed by atoms with Gasteiger partial charge in [-0.15, -0.1) is 0 Å². The minimum absolute atomic E-state index is 0.0982. The number of aryl methyl sites for hydroxylation is 3. The molecule has 1 N–H and O–H groups in total. The number of piperazine rings is 1. The van der Waals surface area contributed by atoms with Gasteiger partial charge in [0.2, 0.25) is 10.0 Å². The van der Waals surface area contributed by atoms with Crippen LogP contribution in [0.4, 0.5) is 0 Å². The van der Waals surface area contributed by atoms with Gasteiger partial charge in [0.15, 0.2) is 6.54 Å². The first-order valence-corrected chi connectivity index (χ1v) is 11.9. The molecular formula is C21H34N3O4S+. The van der Waals surface area contributed by atoms with Crippen LogP contribution >= 0.6 is 0 Å². The minimum Gasteiger partial charge on any atom is -0.364 e. The number of sulfonamides is 1. The Morgan fingerprint density at radius 3 is 2.07 bits per heavy atom. The highest BCUT2D eigenvalue weighted by molar-refractivity contribution is 7.89. The van der Waals surface area contributed by atoms with Gasteiger partial charge < -0.3 is 14.5 Å². The molecule has 7 nitrogen and oxygen atoms in total. The van der Waals surface area contributed by atoms with Crippen LogP contribution in [0.1, 0.15) is 30.5 Å². The summed E-state index contributed by atoms with van der Waals surface area (Å²) in [5.41, 5.74) is 2.61. The molecular weight excluding hydrogens is 390 g/mol. The molecule has 8 heteroatoms. The van der Waals surface area contributed by atoms with Crippen molar-refractivity contribution in [3.63, 3.8) is 0 Å². The van der Waals surface area contributed by atoms with Crippen LogP contribution in [0, 0.1) is 20.8 Å². The summed E-state index contributed by atoms with van der Waals surface area (Å²) in [7, 11) is -3.56. The number of morpholine rings is 1. The second-order valence-electron chi connectivity index (χ2n) is 8.61. The first-order valence-electron chi connectivity index (χ1n) is 10.4. The third-order valence-corrected chi connectivity index (χ3v) is 8.02. The van der Waals surface area contributed by atoms with Crippen molar-refractivity contribution in [3.8, 4) is 0 Å². The second kappa shape index (κ2) is 8.71. The fourth-order valence-electron chi connectivity index (χ4n) is 4.74. The van der Waals surface area contributed by atoms with Crippen molar-refractivity contribution >= 4 is 15.9 Å². The van der Waals surface area contributed by atoms with Crippen LogP contribution in [-0.2, 0) is 19.6 Å². The monoisotopic (exact) mass is 424 g/mol. The molecule has 1 aromatic carbocycles. The number of rotatable bonds is 4. The average molecular weight is 425 g/mol. The van der Waals surface area contributed by atoms with Gasteiger partial charge in [0.05, 0.1) is 4.90 Å². The fourth-order valence-corrected chi connectivity index (χ4v) is 6.57. The molecule has 3 rings (SSSR count). The predicted molar refractivity (Wildman–Crippen MR) is 112 cm³/mol. The Hall–Kier alpha value is -1.48. The standard InChI is InChI=1S/C21H33N3O4S/c1-15-10-16(2)21(17(3)11-15)29(26,27)24-8-6-23(7-9-24)20(25)14-22-12-18(4)28-19(5)13-22/h10-11,18-19H,6-9,12-14H2,1-5H3/p+1/t18-,19-/m1/s1. The Kier molecular flexibility index (Phi) is 6.67. The Balaban J connectivity index is 1.62. The number of carbonyl (C=O) groups is 1. The third kappa shape index (κ3) is 4.99. The van der Waals surface area contributed by atoms with E-state index in [-0.39, 0.29) is 18.1 Å². The predicted octanol–water partition coefficient (Wildman–Crippen LogP) is 0.137. The summed E-state index contributed by atoms with van der Waals surface area (Å²) in [5, 5.41) is 0. The van der Waals surface area contributed by atoms with E-state index >= 15 is 0 Å². The number of ether oxygens (including phenoxy) is 1. The summed E-state index contributed by atoms with van der Waals surface area (Å²) in [6.45, 7) is 13.4. The maximum Gasteiger partial charge on any atom is 0.277 e. The second-order valence-corrected chi connectivity index (χ2v) is 10.5. The molecule has 2 aliphatic rings. The molecule has 162 valence electrons. The van der Waals surface area contributed by atoms with E-state index in [4.69, 9.17) is 4.74 Å².